The number of aromatic nitrogens is 1. The minimum absolute atomic E-state index is 1.02. The summed E-state index contributed by atoms with van der Waals surface area (Å²) in [6, 6.07) is 2.25. The molecule has 0 bridgehead atoms. The number of H-pyrrole nitrogens is 1. The van der Waals surface area contributed by atoms with Gasteiger partial charge in [-0.05, 0) is 31.5 Å². The molecule has 2 rings (SSSR count). The highest BCUT2D eigenvalue weighted by atomic mass is 14.9. The highest BCUT2D eigenvalue weighted by Gasteiger charge is 2.09. The summed E-state index contributed by atoms with van der Waals surface area (Å²) in [5.41, 5.74) is 4.16. The predicted molar refractivity (Wildman–Crippen MR) is 40.9 cm³/mol. The lowest BCUT2D eigenvalue weighted by atomic mass is 10.1. The Hall–Kier alpha value is -0.760. The van der Waals surface area contributed by atoms with E-state index in [-0.39, 0.29) is 0 Å². The Kier molecular flexibility index (Phi) is 1.27. The Morgan fingerprint density at radius 1 is 1.50 bits per heavy atom. The van der Waals surface area contributed by atoms with E-state index < -0.39 is 0 Å². The fourth-order valence-corrected chi connectivity index (χ4v) is 1.52. The molecule has 0 aromatic carbocycles. The van der Waals surface area contributed by atoms with Crippen LogP contribution in [0.1, 0.15) is 17.0 Å². The van der Waals surface area contributed by atoms with Crippen LogP contribution < -0.4 is 5.32 Å². The van der Waals surface area contributed by atoms with E-state index in [1.165, 1.54) is 23.4 Å². The van der Waals surface area contributed by atoms with Gasteiger partial charge in [0.1, 0.15) is 0 Å². The van der Waals surface area contributed by atoms with Crippen molar-refractivity contribution in [3.63, 3.8) is 0 Å². The summed E-state index contributed by atoms with van der Waals surface area (Å²) >= 11 is 0. The standard InChI is InChI=1S/C8H12N2/c1-6-4-7-2-3-9-5-8(7)10-6/h4,9-10H,2-3,5H2,1H3. The van der Waals surface area contributed by atoms with Crippen molar-refractivity contribution >= 4 is 0 Å². The largest absolute Gasteiger partial charge is 0.361 e. The Labute approximate surface area is 60.6 Å². The van der Waals surface area contributed by atoms with E-state index in [4.69, 9.17) is 0 Å². The first-order valence-electron chi connectivity index (χ1n) is 3.74. The fourth-order valence-electron chi connectivity index (χ4n) is 1.52. The van der Waals surface area contributed by atoms with Gasteiger partial charge in [-0.15, -0.1) is 0 Å². The summed E-state index contributed by atoms with van der Waals surface area (Å²) in [5.74, 6) is 0. The lowest BCUT2D eigenvalue weighted by molar-refractivity contribution is 0.634. The molecule has 0 radical (unpaired) electrons. The van der Waals surface area contributed by atoms with Gasteiger partial charge in [-0.1, -0.05) is 0 Å². The van der Waals surface area contributed by atoms with Crippen molar-refractivity contribution < 1.29 is 0 Å². The van der Waals surface area contributed by atoms with Gasteiger partial charge < -0.3 is 10.3 Å². The third-order valence-electron chi connectivity index (χ3n) is 2.00. The van der Waals surface area contributed by atoms with E-state index in [2.05, 4.69) is 23.3 Å². The molecular formula is C8H12N2. The average Bonchev–Trinajstić information content (AvgIpc) is 2.27. The van der Waals surface area contributed by atoms with Gasteiger partial charge in [0.2, 0.25) is 0 Å². The van der Waals surface area contributed by atoms with Crippen LogP contribution in [0.5, 0.6) is 0 Å². The second-order valence-corrected chi connectivity index (χ2v) is 2.88. The van der Waals surface area contributed by atoms with Crippen LogP contribution in [0.25, 0.3) is 0 Å². The van der Waals surface area contributed by atoms with E-state index in [0.29, 0.717) is 0 Å². The van der Waals surface area contributed by atoms with E-state index in [1.807, 2.05) is 0 Å². The van der Waals surface area contributed by atoms with Gasteiger partial charge in [-0.25, -0.2) is 0 Å². The van der Waals surface area contributed by atoms with Gasteiger partial charge in [0, 0.05) is 17.9 Å². The molecular weight excluding hydrogens is 124 g/mol. The number of aromatic amines is 1. The number of rotatable bonds is 0. The lowest BCUT2D eigenvalue weighted by Crippen LogP contribution is -2.22. The van der Waals surface area contributed by atoms with E-state index in [1.54, 1.807) is 0 Å². The number of fused-ring (bicyclic) bond motifs is 1. The van der Waals surface area contributed by atoms with Crippen molar-refractivity contribution in [2.45, 2.75) is 19.9 Å². The van der Waals surface area contributed by atoms with E-state index in [9.17, 15) is 0 Å². The molecule has 2 N–H and O–H groups in total. The van der Waals surface area contributed by atoms with Crippen LogP contribution in [0.2, 0.25) is 0 Å². The highest BCUT2D eigenvalue weighted by Crippen LogP contribution is 2.13. The molecule has 1 aromatic rings. The molecule has 0 atom stereocenters. The second kappa shape index (κ2) is 2.13. The molecule has 2 heterocycles. The molecule has 0 amide bonds. The minimum Gasteiger partial charge on any atom is -0.361 e. The third-order valence-corrected chi connectivity index (χ3v) is 2.00. The van der Waals surface area contributed by atoms with Gasteiger partial charge in [-0.3, -0.25) is 0 Å². The SMILES string of the molecule is Cc1cc2c([nH]1)CNCC2. The first-order chi connectivity index (χ1) is 4.86. The number of hydrogen-bond acceptors (Lipinski definition) is 1. The maximum absolute atomic E-state index is 3.33. The zero-order chi connectivity index (χ0) is 6.97. The van der Waals surface area contributed by atoms with Crippen LogP contribution in [-0.2, 0) is 13.0 Å². The van der Waals surface area contributed by atoms with Gasteiger partial charge in [0.05, 0.1) is 0 Å². The maximum Gasteiger partial charge on any atom is 0.0360 e. The summed E-state index contributed by atoms with van der Waals surface area (Å²) in [6.45, 7) is 4.26. The van der Waals surface area contributed by atoms with Crippen molar-refractivity contribution in [3.05, 3.63) is 23.0 Å². The van der Waals surface area contributed by atoms with Crippen molar-refractivity contribution in [2.75, 3.05) is 6.54 Å². The molecule has 1 aromatic heterocycles. The number of hydrogen-bond donors (Lipinski definition) is 2. The molecule has 54 valence electrons. The smallest absolute Gasteiger partial charge is 0.0360 e. The Balaban J connectivity index is 2.41. The first-order valence-corrected chi connectivity index (χ1v) is 3.74. The minimum atomic E-state index is 1.02. The summed E-state index contributed by atoms with van der Waals surface area (Å²) in [4.78, 5) is 3.33. The molecule has 0 saturated carbocycles. The summed E-state index contributed by atoms with van der Waals surface area (Å²) in [6.07, 6.45) is 1.18. The van der Waals surface area contributed by atoms with Crippen molar-refractivity contribution in [2.24, 2.45) is 0 Å². The molecule has 2 heteroatoms. The van der Waals surface area contributed by atoms with Crippen molar-refractivity contribution in [3.8, 4) is 0 Å². The fraction of sp³-hybridized carbons (Fsp3) is 0.500. The van der Waals surface area contributed by atoms with E-state index in [0.717, 1.165) is 13.1 Å². The van der Waals surface area contributed by atoms with Gasteiger partial charge in [-0.2, -0.15) is 0 Å². The molecule has 0 spiro atoms. The maximum atomic E-state index is 3.33. The topological polar surface area (TPSA) is 27.8 Å². The molecule has 10 heavy (non-hydrogen) atoms. The monoisotopic (exact) mass is 136 g/mol. The van der Waals surface area contributed by atoms with Gasteiger partial charge in [0.25, 0.3) is 0 Å². The zero-order valence-corrected chi connectivity index (χ0v) is 6.20. The van der Waals surface area contributed by atoms with Crippen molar-refractivity contribution in [1.29, 1.82) is 0 Å². The van der Waals surface area contributed by atoms with Gasteiger partial charge >= 0.3 is 0 Å². The average molecular weight is 136 g/mol. The number of nitrogens with one attached hydrogen (secondary N) is 2. The van der Waals surface area contributed by atoms with Crippen LogP contribution >= 0.6 is 0 Å². The quantitative estimate of drug-likeness (QED) is 0.546. The van der Waals surface area contributed by atoms with Crippen LogP contribution in [-0.4, -0.2) is 11.5 Å². The van der Waals surface area contributed by atoms with Crippen LogP contribution in [0, 0.1) is 6.92 Å². The molecule has 0 fully saturated rings. The molecule has 1 aliphatic rings. The third kappa shape index (κ3) is 0.847. The second-order valence-electron chi connectivity index (χ2n) is 2.88. The summed E-state index contributed by atoms with van der Waals surface area (Å²) < 4.78 is 0. The molecule has 0 unspecified atom stereocenters. The zero-order valence-electron chi connectivity index (χ0n) is 6.20. The lowest BCUT2D eigenvalue weighted by Gasteiger charge is -2.11. The summed E-state index contributed by atoms with van der Waals surface area (Å²) in [7, 11) is 0. The van der Waals surface area contributed by atoms with Crippen molar-refractivity contribution in [1.82, 2.24) is 10.3 Å². The van der Waals surface area contributed by atoms with Crippen LogP contribution in [0.3, 0.4) is 0 Å². The Morgan fingerprint density at radius 3 is 3.20 bits per heavy atom. The molecule has 1 aliphatic heterocycles. The molecule has 2 nitrogen and oxygen atoms in total. The Bertz CT molecular complexity index is 214. The molecule has 0 aliphatic carbocycles. The van der Waals surface area contributed by atoms with E-state index >= 15 is 0 Å². The first kappa shape index (κ1) is 5.98. The Morgan fingerprint density at radius 2 is 2.40 bits per heavy atom. The van der Waals surface area contributed by atoms with Crippen LogP contribution in [0.4, 0.5) is 0 Å². The van der Waals surface area contributed by atoms with Gasteiger partial charge in [0.15, 0.2) is 0 Å². The molecule has 0 saturated heterocycles. The normalized spacial score (nSPS) is 16.9. The highest BCUT2D eigenvalue weighted by molar-refractivity contribution is 5.27. The van der Waals surface area contributed by atoms with Crippen LogP contribution in [0.15, 0.2) is 6.07 Å². The predicted octanol–water partition coefficient (Wildman–Crippen LogP) is 0.969. The summed E-state index contributed by atoms with van der Waals surface area (Å²) in [5, 5.41) is 3.32. The number of aryl methyl sites for hydroxylation is 1.